The molecule has 1 heterocycles. The molecule has 2 N–H and O–H groups in total. The molecule has 1 aromatic heterocycles. The Morgan fingerprint density at radius 3 is 2.11 bits per heavy atom. The minimum Gasteiger partial charge on any atom is -0.466 e. The Morgan fingerprint density at radius 2 is 1.48 bits per heavy atom. The van der Waals surface area contributed by atoms with E-state index in [-0.39, 0.29) is 0 Å². The number of carbonyl (C=O) groups excluding carboxylic acids is 2. The first-order valence-electron chi connectivity index (χ1n) is 8.27. The maximum Gasteiger partial charge on any atom is 0.273 e. The molecule has 6 nitrogen and oxygen atoms in total. The van der Waals surface area contributed by atoms with E-state index in [0.717, 1.165) is 0 Å². The molecular weight excluding hydrogens is 342 g/mol. The zero-order valence-electron chi connectivity index (χ0n) is 14.9. The standard InChI is InChI=1S/C21H17N3O3/c1-13-11-19(14(2)27-13)21(26)24-23-20(25)18-10-6-5-9-17(18)16-8-4-3-7-15(16)12-22/h3-11H,1-2H3,(H,23,25)(H,24,26). The van der Waals surface area contributed by atoms with Crippen LogP contribution in [0.3, 0.4) is 0 Å². The van der Waals surface area contributed by atoms with Crippen molar-refractivity contribution in [3.63, 3.8) is 0 Å². The van der Waals surface area contributed by atoms with E-state index in [1.54, 1.807) is 68.4 Å². The summed E-state index contributed by atoms with van der Waals surface area (Å²) in [6.45, 7) is 3.42. The van der Waals surface area contributed by atoms with Crippen molar-refractivity contribution in [1.82, 2.24) is 10.9 Å². The second-order valence-electron chi connectivity index (χ2n) is 5.94. The molecule has 0 aliphatic heterocycles. The van der Waals surface area contributed by atoms with Crippen LogP contribution >= 0.6 is 0 Å². The number of aryl methyl sites for hydroxylation is 2. The average Bonchev–Trinajstić information content (AvgIpc) is 3.04. The number of furan rings is 1. The van der Waals surface area contributed by atoms with Crippen molar-refractivity contribution in [2.75, 3.05) is 0 Å². The van der Waals surface area contributed by atoms with Crippen molar-refractivity contribution in [2.24, 2.45) is 0 Å². The quantitative estimate of drug-likeness (QED) is 0.700. The molecule has 0 radical (unpaired) electrons. The van der Waals surface area contributed by atoms with Gasteiger partial charge in [0.1, 0.15) is 11.5 Å². The van der Waals surface area contributed by atoms with Crippen LogP contribution in [0.15, 0.2) is 59.0 Å². The van der Waals surface area contributed by atoms with Gasteiger partial charge in [0, 0.05) is 11.1 Å². The molecule has 27 heavy (non-hydrogen) atoms. The molecule has 134 valence electrons. The Balaban J connectivity index is 1.83. The molecule has 6 heteroatoms. The smallest absolute Gasteiger partial charge is 0.273 e. The monoisotopic (exact) mass is 359 g/mol. The Labute approximate surface area is 156 Å². The highest BCUT2D eigenvalue weighted by Gasteiger charge is 2.17. The minimum atomic E-state index is -0.482. The van der Waals surface area contributed by atoms with Crippen LogP contribution < -0.4 is 10.9 Å². The predicted octanol–water partition coefficient (Wildman–Crippen LogP) is 3.51. The number of amides is 2. The summed E-state index contributed by atoms with van der Waals surface area (Å²) in [5, 5.41) is 9.32. The summed E-state index contributed by atoms with van der Waals surface area (Å²) < 4.78 is 5.33. The predicted molar refractivity (Wildman–Crippen MR) is 99.7 cm³/mol. The SMILES string of the molecule is Cc1cc(C(=O)NNC(=O)c2ccccc2-c2ccccc2C#N)c(C)o1. The summed E-state index contributed by atoms with van der Waals surface area (Å²) in [5.74, 6) is 0.141. The Morgan fingerprint density at radius 1 is 0.889 bits per heavy atom. The number of hydrogen-bond donors (Lipinski definition) is 2. The maximum absolute atomic E-state index is 12.6. The molecule has 0 saturated carbocycles. The zero-order valence-corrected chi connectivity index (χ0v) is 14.9. The third kappa shape index (κ3) is 3.72. The Hall–Kier alpha value is -3.85. The third-order valence-electron chi connectivity index (χ3n) is 4.08. The van der Waals surface area contributed by atoms with E-state index in [9.17, 15) is 14.9 Å². The molecule has 2 amide bonds. The Bertz CT molecular complexity index is 1060. The number of rotatable bonds is 3. The van der Waals surface area contributed by atoms with Crippen molar-refractivity contribution in [3.05, 3.63) is 82.8 Å². The topological polar surface area (TPSA) is 95.1 Å². The molecule has 0 saturated heterocycles. The van der Waals surface area contributed by atoms with E-state index in [4.69, 9.17) is 4.42 Å². The van der Waals surface area contributed by atoms with Crippen LogP contribution in [-0.4, -0.2) is 11.8 Å². The normalized spacial score (nSPS) is 10.1. The molecule has 0 aliphatic rings. The Kier molecular flexibility index (Phi) is 5.04. The van der Waals surface area contributed by atoms with Gasteiger partial charge in [0.2, 0.25) is 0 Å². The van der Waals surface area contributed by atoms with E-state index in [1.807, 2.05) is 0 Å². The third-order valence-corrected chi connectivity index (χ3v) is 4.08. The van der Waals surface area contributed by atoms with Gasteiger partial charge in [-0.25, -0.2) is 0 Å². The van der Waals surface area contributed by atoms with Crippen LogP contribution in [0.4, 0.5) is 0 Å². The van der Waals surface area contributed by atoms with Gasteiger partial charge in [0.25, 0.3) is 11.8 Å². The van der Waals surface area contributed by atoms with E-state index in [0.29, 0.717) is 39.3 Å². The number of carbonyl (C=O) groups is 2. The van der Waals surface area contributed by atoms with Crippen molar-refractivity contribution in [3.8, 4) is 17.2 Å². The van der Waals surface area contributed by atoms with Crippen LogP contribution in [0.2, 0.25) is 0 Å². The first kappa shape index (κ1) is 18.0. The maximum atomic E-state index is 12.6. The van der Waals surface area contributed by atoms with Gasteiger partial charge >= 0.3 is 0 Å². The minimum absolute atomic E-state index is 0.348. The fraction of sp³-hybridized carbons (Fsp3) is 0.0952. The van der Waals surface area contributed by atoms with Crippen LogP contribution in [0, 0.1) is 25.2 Å². The molecule has 0 aliphatic carbocycles. The molecule has 3 rings (SSSR count). The van der Waals surface area contributed by atoms with Gasteiger partial charge in [0.15, 0.2) is 0 Å². The highest BCUT2D eigenvalue weighted by Crippen LogP contribution is 2.26. The molecule has 0 atom stereocenters. The first-order valence-corrected chi connectivity index (χ1v) is 8.27. The average molecular weight is 359 g/mol. The second kappa shape index (κ2) is 7.58. The second-order valence-corrected chi connectivity index (χ2v) is 5.94. The zero-order chi connectivity index (χ0) is 19.4. The lowest BCUT2D eigenvalue weighted by Crippen LogP contribution is -2.41. The molecule has 0 bridgehead atoms. The summed E-state index contributed by atoms with van der Waals surface area (Å²) in [4.78, 5) is 24.9. The van der Waals surface area contributed by atoms with Gasteiger partial charge in [0.05, 0.1) is 17.2 Å². The molecule has 0 spiro atoms. The largest absolute Gasteiger partial charge is 0.466 e. The van der Waals surface area contributed by atoms with Crippen molar-refractivity contribution >= 4 is 11.8 Å². The molecule has 0 fully saturated rings. The molecule has 0 unspecified atom stereocenters. The molecular formula is C21H17N3O3. The summed E-state index contributed by atoms with van der Waals surface area (Å²) in [5.41, 5.74) is 7.24. The fourth-order valence-corrected chi connectivity index (χ4v) is 2.84. The number of nitrogens with one attached hydrogen (secondary N) is 2. The number of nitriles is 1. The van der Waals surface area contributed by atoms with E-state index >= 15 is 0 Å². The van der Waals surface area contributed by atoms with Gasteiger partial charge in [-0.15, -0.1) is 0 Å². The molecule has 3 aromatic rings. The van der Waals surface area contributed by atoms with Crippen molar-refractivity contribution in [1.29, 1.82) is 5.26 Å². The van der Waals surface area contributed by atoms with Gasteiger partial charge in [-0.1, -0.05) is 36.4 Å². The lowest BCUT2D eigenvalue weighted by atomic mass is 9.95. The van der Waals surface area contributed by atoms with Crippen LogP contribution in [0.1, 0.15) is 37.8 Å². The van der Waals surface area contributed by atoms with Gasteiger partial charge in [-0.3, -0.25) is 20.4 Å². The summed E-state index contributed by atoms with van der Waals surface area (Å²) in [7, 11) is 0. The van der Waals surface area contributed by atoms with Crippen LogP contribution in [0.5, 0.6) is 0 Å². The number of hydrazine groups is 1. The van der Waals surface area contributed by atoms with Gasteiger partial charge in [-0.05, 0) is 37.6 Å². The summed E-state index contributed by atoms with van der Waals surface area (Å²) in [6, 6.07) is 17.7. The van der Waals surface area contributed by atoms with E-state index < -0.39 is 11.8 Å². The first-order chi connectivity index (χ1) is 13.0. The van der Waals surface area contributed by atoms with E-state index in [2.05, 4.69) is 16.9 Å². The molecule has 2 aromatic carbocycles. The van der Waals surface area contributed by atoms with Gasteiger partial charge < -0.3 is 4.42 Å². The summed E-state index contributed by atoms with van der Waals surface area (Å²) >= 11 is 0. The highest BCUT2D eigenvalue weighted by atomic mass is 16.3. The number of hydrogen-bond acceptors (Lipinski definition) is 4. The van der Waals surface area contributed by atoms with Crippen molar-refractivity contribution < 1.29 is 14.0 Å². The lowest BCUT2D eigenvalue weighted by Gasteiger charge is -2.12. The lowest BCUT2D eigenvalue weighted by molar-refractivity contribution is 0.0846. The fourth-order valence-electron chi connectivity index (χ4n) is 2.84. The van der Waals surface area contributed by atoms with Gasteiger partial charge in [-0.2, -0.15) is 5.26 Å². The highest BCUT2D eigenvalue weighted by molar-refractivity contribution is 6.03. The number of benzene rings is 2. The summed E-state index contributed by atoms with van der Waals surface area (Å²) in [6.07, 6.45) is 0. The van der Waals surface area contributed by atoms with Crippen LogP contribution in [-0.2, 0) is 0 Å². The van der Waals surface area contributed by atoms with Crippen molar-refractivity contribution in [2.45, 2.75) is 13.8 Å². The van der Waals surface area contributed by atoms with Crippen LogP contribution in [0.25, 0.3) is 11.1 Å². The van der Waals surface area contributed by atoms with E-state index in [1.165, 1.54) is 0 Å². The number of nitrogens with zero attached hydrogens (tertiary/aromatic N) is 1.